The Bertz CT molecular complexity index is 1170. The van der Waals surface area contributed by atoms with Crippen LogP contribution in [0.1, 0.15) is 16.8 Å². The van der Waals surface area contributed by atoms with Crippen LogP contribution < -0.4 is 15.2 Å². The van der Waals surface area contributed by atoms with E-state index in [4.69, 9.17) is 15.2 Å². The fraction of sp³-hybridized carbons (Fsp3) is 0.250. The molecule has 0 fully saturated rings. The van der Waals surface area contributed by atoms with Gasteiger partial charge in [-0.25, -0.2) is 0 Å². The van der Waals surface area contributed by atoms with Crippen LogP contribution in [-0.2, 0) is 6.42 Å². The molecule has 0 saturated heterocycles. The third-order valence-electron chi connectivity index (χ3n) is 5.17. The number of hydrogen-bond donors (Lipinski definition) is 2. The number of nitrogens with two attached hydrogens (primary N) is 1. The minimum Gasteiger partial charge on any atom is -0.496 e. The van der Waals surface area contributed by atoms with Crippen LogP contribution in [0.15, 0.2) is 54.9 Å². The van der Waals surface area contributed by atoms with E-state index in [9.17, 15) is 0 Å². The Balaban J connectivity index is 1.45. The van der Waals surface area contributed by atoms with E-state index in [2.05, 4.69) is 34.2 Å². The maximum absolute atomic E-state index is 6.33. The van der Waals surface area contributed by atoms with Crippen molar-refractivity contribution in [3.63, 3.8) is 0 Å². The largest absolute Gasteiger partial charge is 0.496 e. The second-order valence-corrected chi connectivity index (χ2v) is 7.58. The van der Waals surface area contributed by atoms with Crippen molar-refractivity contribution in [3.8, 4) is 22.6 Å². The number of aromatic nitrogens is 3. The Morgan fingerprint density at radius 1 is 1.03 bits per heavy atom. The summed E-state index contributed by atoms with van der Waals surface area (Å²) in [6.07, 6.45) is 4.22. The van der Waals surface area contributed by atoms with Gasteiger partial charge in [0.15, 0.2) is 0 Å². The quantitative estimate of drug-likeness (QED) is 0.484. The molecule has 3 N–H and O–H groups in total. The van der Waals surface area contributed by atoms with E-state index >= 15 is 0 Å². The molecular weight excluding hydrogens is 376 g/mol. The molecule has 2 aromatic carbocycles. The molecule has 6 heteroatoms. The van der Waals surface area contributed by atoms with Gasteiger partial charge < -0.3 is 15.2 Å². The number of H-pyrrole nitrogens is 1. The van der Waals surface area contributed by atoms with Gasteiger partial charge >= 0.3 is 0 Å². The van der Waals surface area contributed by atoms with E-state index < -0.39 is 0 Å². The third kappa shape index (κ3) is 4.28. The minimum absolute atomic E-state index is 0.158. The molecule has 0 bridgehead atoms. The van der Waals surface area contributed by atoms with Gasteiger partial charge in [0, 0.05) is 28.9 Å². The van der Waals surface area contributed by atoms with E-state index in [1.807, 2.05) is 43.5 Å². The maximum Gasteiger partial charge on any atom is 0.138 e. The van der Waals surface area contributed by atoms with Gasteiger partial charge in [0.05, 0.1) is 18.8 Å². The Morgan fingerprint density at radius 2 is 1.90 bits per heavy atom. The fourth-order valence-corrected chi connectivity index (χ4v) is 3.58. The number of benzene rings is 2. The van der Waals surface area contributed by atoms with Crippen LogP contribution in [0, 0.1) is 13.8 Å². The summed E-state index contributed by atoms with van der Waals surface area (Å²) in [5.74, 6) is 1.55. The number of ether oxygens (including phenoxy) is 2. The Morgan fingerprint density at radius 3 is 2.73 bits per heavy atom. The molecule has 6 nitrogen and oxygen atoms in total. The highest BCUT2D eigenvalue weighted by Crippen LogP contribution is 2.27. The van der Waals surface area contributed by atoms with Gasteiger partial charge in [-0.15, -0.1) is 0 Å². The first-order valence-corrected chi connectivity index (χ1v) is 9.95. The maximum atomic E-state index is 6.33. The van der Waals surface area contributed by atoms with Crippen LogP contribution in [0.3, 0.4) is 0 Å². The summed E-state index contributed by atoms with van der Waals surface area (Å²) in [6, 6.07) is 14.1. The first-order chi connectivity index (χ1) is 14.5. The van der Waals surface area contributed by atoms with E-state index in [0.29, 0.717) is 18.8 Å². The van der Waals surface area contributed by atoms with Gasteiger partial charge in [0.2, 0.25) is 0 Å². The summed E-state index contributed by atoms with van der Waals surface area (Å²) >= 11 is 0. The van der Waals surface area contributed by atoms with Crippen LogP contribution in [0.5, 0.6) is 11.5 Å². The van der Waals surface area contributed by atoms with Gasteiger partial charge in [0.25, 0.3) is 0 Å². The van der Waals surface area contributed by atoms with Crippen LogP contribution in [0.25, 0.3) is 22.0 Å². The van der Waals surface area contributed by atoms with Crippen molar-refractivity contribution in [2.45, 2.75) is 26.3 Å². The van der Waals surface area contributed by atoms with Gasteiger partial charge in [-0.1, -0.05) is 23.8 Å². The summed E-state index contributed by atoms with van der Waals surface area (Å²) in [4.78, 5) is 4.34. The highest BCUT2D eigenvalue weighted by Gasteiger charge is 2.11. The summed E-state index contributed by atoms with van der Waals surface area (Å²) in [6.45, 7) is 4.47. The zero-order valence-corrected chi connectivity index (χ0v) is 17.5. The molecule has 0 saturated carbocycles. The molecule has 0 aliphatic heterocycles. The van der Waals surface area contributed by atoms with Gasteiger partial charge in [-0.05, 0) is 55.7 Å². The number of aryl methyl sites for hydroxylation is 2. The number of rotatable bonds is 7. The van der Waals surface area contributed by atoms with Gasteiger partial charge in [-0.3, -0.25) is 10.1 Å². The fourth-order valence-electron chi connectivity index (χ4n) is 3.58. The second-order valence-electron chi connectivity index (χ2n) is 7.58. The first-order valence-electron chi connectivity index (χ1n) is 9.95. The molecular formula is C24H26N4O2. The Kier molecular flexibility index (Phi) is 5.68. The van der Waals surface area contributed by atoms with Crippen molar-refractivity contribution in [3.05, 3.63) is 71.7 Å². The molecule has 0 amide bonds. The monoisotopic (exact) mass is 402 g/mol. The molecule has 4 rings (SSSR count). The zero-order chi connectivity index (χ0) is 21.1. The summed E-state index contributed by atoms with van der Waals surface area (Å²) in [5.41, 5.74) is 12.7. The Labute approximate surface area is 176 Å². The average molecular weight is 402 g/mol. The summed E-state index contributed by atoms with van der Waals surface area (Å²) < 4.78 is 11.4. The van der Waals surface area contributed by atoms with E-state index in [1.54, 1.807) is 13.3 Å². The van der Waals surface area contributed by atoms with Crippen molar-refractivity contribution in [1.29, 1.82) is 0 Å². The molecule has 30 heavy (non-hydrogen) atoms. The topological polar surface area (TPSA) is 86.1 Å². The molecule has 154 valence electrons. The number of nitrogens with zero attached hydrogens (tertiary/aromatic N) is 2. The molecule has 0 radical (unpaired) electrons. The van der Waals surface area contributed by atoms with Crippen LogP contribution >= 0.6 is 0 Å². The number of pyridine rings is 1. The predicted octanol–water partition coefficient (Wildman–Crippen LogP) is 4.20. The Hall–Kier alpha value is -3.38. The SMILES string of the molecule is COc1ccc(C)cc1C[C@H](N)COc1cncc(-c2ccc3n[nH]c(C)c3c2)c1. The van der Waals surface area contributed by atoms with Crippen LogP contribution in [0.2, 0.25) is 0 Å². The zero-order valence-electron chi connectivity index (χ0n) is 17.5. The van der Waals surface area contributed by atoms with E-state index in [0.717, 1.165) is 39.0 Å². The minimum atomic E-state index is -0.158. The van der Waals surface area contributed by atoms with Crippen molar-refractivity contribution in [2.75, 3.05) is 13.7 Å². The lowest BCUT2D eigenvalue weighted by molar-refractivity contribution is 0.285. The van der Waals surface area contributed by atoms with Crippen molar-refractivity contribution in [1.82, 2.24) is 15.2 Å². The van der Waals surface area contributed by atoms with E-state index in [1.165, 1.54) is 5.56 Å². The number of nitrogens with one attached hydrogen (secondary N) is 1. The van der Waals surface area contributed by atoms with E-state index in [-0.39, 0.29) is 6.04 Å². The summed E-state index contributed by atoms with van der Waals surface area (Å²) in [7, 11) is 1.68. The average Bonchev–Trinajstić information content (AvgIpc) is 3.13. The molecule has 2 heterocycles. The van der Waals surface area contributed by atoms with Crippen LogP contribution in [-0.4, -0.2) is 34.9 Å². The highest BCUT2D eigenvalue weighted by molar-refractivity contribution is 5.86. The number of aromatic amines is 1. The first kappa shape index (κ1) is 19.9. The van der Waals surface area contributed by atoms with Crippen LogP contribution in [0.4, 0.5) is 0 Å². The molecule has 0 aliphatic rings. The van der Waals surface area contributed by atoms with Crippen molar-refractivity contribution >= 4 is 10.9 Å². The standard InChI is InChI=1S/C24H26N4O2/c1-15-4-7-24(29-3)18(8-15)9-20(25)14-30-21-10-19(12-26-13-21)17-5-6-23-22(11-17)16(2)27-28-23/h4-8,10-13,20H,9,14,25H2,1-3H3,(H,27,28)/t20-/m0/s1. The number of hydrogen-bond acceptors (Lipinski definition) is 5. The molecule has 0 unspecified atom stereocenters. The highest BCUT2D eigenvalue weighted by atomic mass is 16.5. The molecule has 0 spiro atoms. The lowest BCUT2D eigenvalue weighted by Gasteiger charge is -2.16. The smallest absolute Gasteiger partial charge is 0.138 e. The molecule has 2 aromatic heterocycles. The van der Waals surface area contributed by atoms with Crippen molar-refractivity contribution < 1.29 is 9.47 Å². The molecule has 0 aliphatic carbocycles. The summed E-state index contributed by atoms with van der Waals surface area (Å²) in [5, 5.41) is 8.41. The second kappa shape index (κ2) is 8.55. The molecule has 1 atom stereocenters. The lowest BCUT2D eigenvalue weighted by Crippen LogP contribution is -2.30. The normalized spacial score (nSPS) is 12.1. The predicted molar refractivity (Wildman–Crippen MR) is 119 cm³/mol. The molecule has 4 aromatic rings. The third-order valence-corrected chi connectivity index (χ3v) is 5.17. The van der Waals surface area contributed by atoms with Gasteiger partial charge in [-0.2, -0.15) is 5.10 Å². The number of methoxy groups -OCH3 is 1. The number of fused-ring (bicyclic) bond motifs is 1. The van der Waals surface area contributed by atoms with Crippen molar-refractivity contribution in [2.24, 2.45) is 5.73 Å². The van der Waals surface area contributed by atoms with Gasteiger partial charge in [0.1, 0.15) is 18.1 Å². The lowest BCUT2D eigenvalue weighted by atomic mass is 10.0.